The quantitative estimate of drug-likeness (QED) is 0.0466. The van der Waals surface area contributed by atoms with Crippen LogP contribution in [0.1, 0.15) is 38.4 Å². The largest absolute Gasteiger partial charge is 0.543 e. The molecule has 1 fully saturated rings. The second-order valence-electron chi connectivity index (χ2n) is 10.4. The fraction of sp³-hybridized carbons (Fsp3) is 0.519. The second-order valence-corrected chi connectivity index (χ2v) is 12.3. The van der Waals surface area contributed by atoms with E-state index in [0.717, 1.165) is 16.4 Å². The van der Waals surface area contributed by atoms with E-state index < -0.39 is 47.0 Å². The summed E-state index contributed by atoms with van der Waals surface area (Å²) in [5.74, 6) is -3.97. The zero-order valence-corrected chi connectivity index (χ0v) is 27.0. The van der Waals surface area contributed by atoms with Gasteiger partial charge in [-0.2, -0.15) is 13.9 Å². The number of oxime groups is 1. The molecule has 4 heterocycles. The molecule has 2 aromatic rings. The number of aliphatic carboxylic acids is 2. The van der Waals surface area contributed by atoms with Crippen molar-refractivity contribution >= 4 is 63.7 Å². The van der Waals surface area contributed by atoms with Gasteiger partial charge in [-0.1, -0.05) is 18.5 Å². The molecule has 20 heteroatoms. The molecule has 18 nitrogen and oxygen atoms in total. The molecule has 0 aromatic carbocycles. The minimum Gasteiger partial charge on any atom is -0.543 e. The van der Waals surface area contributed by atoms with Crippen molar-refractivity contribution in [1.82, 2.24) is 24.6 Å². The van der Waals surface area contributed by atoms with E-state index in [1.54, 1.807) is 30.1 Å². The number of carboxylic acids is 2. The Morgan fingerprint density at radius 2 is 2.02 bits per heavy atom. The number of hydrogen-bond acceptors (Lipinski definition) is 16. The van der Waals surface area contributed by atoms with E-state index in [2.05, 4.69) is 24.8 Å². The van der Waals surface area contributed by atoms with Gasteiger partial charge in [-0.25, -0.2) is 9.78 Å². The van der Waals surface area contributed by atoms with Crippen molar-refractivity contribution in [1.29, 1.82) is 0 Å². The summed E-state index contributed by atoms with van der Waals surface area (Å²) in [4.78, 5) is 66.9. The van der Waals surface area contributed by atoms with Crippen molar-refractivity contribution in [2.75, 3.05) is 42.7 Å². The minimum absolute atomic E-state index is 0.0102. The van der Waals surface area contributed by atoms with E-state index in [1.165, 1.54) is 11.8 Å². The third-order valence-electron chi connectivity index (χ3n) is 7.11. The van der Waals surface area contributed by atoms with Crippen LogP contribution in [0, 0.1) is 0 Å². The molecule has 2 aliphatic rings. The molecule has 2 aromatic heterocycles. The van der Waals surface area contributed by atoms with Crippen LogP contribution in [0.5, 0.6) is 0 Å². The number of nitrogens with one attached hydrogen (secondary N) is 1. The monoisotopic (exact) mass is 693 g/mol. The smallest absolute Gasteiger partial charge is 0.347 e. The normalized spacial score (nSPS) is 18.3. The van der Waals surface area contributed by atoms with Gasteiger partial charge in [0.1, 0.15) is 11.4 Å². The van der Waals surface area contributed by atoms with E-state index in [-0.39, 0.29) is 48.6 Å². The van der Waals surface area contributed by atoms with Crippen molar-refractivity contribution < 1.29 is 49.0 Å². The maximum atomic E-state index is 13.3. The number of fused-ring (bicyclic) bond motifs is 1. The topological polar surface area (TPSA) is 261 Å². The number of anilines is 2. The summed E-state index contributed by atoms with van der Waals surface area (Å²) in [5, 5.41) is 45.7. The summed E-state index contributed by atoms with van der Waals surface area (Å²) in [6.45, 7) is 2.81. The Morgan fingerprint density at radius 3 is 2.62 bits per heavy atom. The molecule has 6 N–H and O–H groups in total. The number of aromatic nitrogens is 4. The van der Waals surface area contributed by atoms with E-state index in [9.17, 15) is 39.6 Å². The van der Waals surface area contributed by atoms with Crippen LogP contribution in [0.25, 0.3) is 0 Å². The number of carbonyl (C=O) groups is 4. The fourth-order valence-electron chi connectivity index (χ4n) is 4.88. The molecule has 2 unspecified atom stereocenters. The highest BCUT2D eigenvalue weighted by Gasteiger charge is 2.53. The van der Waals surface area contributed by atoms with Crippen molar-refractivity contribution in [3.8, 4) is 0 Å². The van der Waals surface area contributed by atoms with Gasteiger partial charge < -0.3 is 46.0 Å². The van der Waals surface area contributed by atoms with E-state index in [0.29, 0.717) is 43.7 Å². The summed E-state index contributed by atoms with van der Waals surface area (Å²) < 4.78 is 5.67. The molecular weight excluding hydrogens is 658 g/mol. The lowest BCUT2D eigenvalue weighted by Crippen LogP contribution is -2.71. The lowest BCUT2D eigenvalue weighted by molar-refractivity contribution is -0.688. The van der Waals surface area contributed by atoms with Crippen molar-refractivity contribution in [3.05, 3.63) is 35.7 Å². The average molecular weight is 694 g/mol. The third kappa shape index (κ3) is 8.50. The van der Waals surface area contributed by atoms with Crippen LogP contribution in [0.15, 0.2) is 35.0 Å². The maximum Gasteiger partial charge on any atom is 0.347 e. The van der Waals surface area contributed by atoms with Crippen LogP contribution in [0.4, 0.5) is 10.9 Å². The molecule has 254 valence electrons. The van der Waals surface area contributed by atoms with Crippen molar-refractivity contribution in [3.63, 3.8) is 0 Å². The Kier molecular flexibility index (Phi) is 12.4. The van der Waals surface area contributed by atoms with Crippen LogP contribution in [-0.2, 0) is 30.6 Å². The maximum absolute atomic E-state index is 13.3. The number of nitrogen functional groups attached to an aromatic ring is 1. The lowest BCUT2D eigenvalue weighted by atomic mass is 10.0. The van der Waals surface area contributed by atoms with Crippen LogP contribution in [0.2, 0.25) is 0 Å². The summed E-state index contributed by atoms with van der Waals surface area (Å²) >= 11 is 2.01. The first-order valence-electron chi connectivity index (χ1n) is 14.7. The van der Waals surface area contributed by atoms with Gasteiger partial charge in [0.15, 0.2) is 23.7 Å². The highest BCUT2D eigenvalue weighted by Crippen LogP contribution is 2.40. The minimum atomic E-state index is -1.56. The number of aliphatic hydroxyl groups excluding tert-OH is 2. The average Bonchev–Trinajstić information content (AvgIpc) is 3.48. The molecule has 0 spiro atoms. The van der Waals surface area contributed by atoms with Gasteiger partial charge in [-0.3, -0.25) is 14.5 Å². The van der Waals surface area contributed by atoms with Crippen molar-refractivity contribution in [2.45, 2.75) is 56.7 Å². The van der Waals surface area contributed by atoms with Crippen LogP contribution < -0.4 is 25.6 Å². The standard InChI is InChI=1S/C27H35N9O9S2/c1-2-5-16(25(41)42)45-32-18(21-31-27(28)47-33-21)22(39)30-19-23(40)36-20(26(43)44)15(14-46-24(19)36)12-34-9-6-29-17(13-34)35(7-3-10-37)8-4-11-38/h6,9,13,16,19,24,37-38H,2-5,7-8,10-12,14H2,1H3,(H4-,28,30,31,33,39,41,42,43,44)/t16?,19?,24-/m0/s1. The van der Waals surface area contributed by atoms with Crippen LogP contribution in [0.3, 0.4) is 0 Å². The number of aliphatic hydroxyl groups is 2. The highest BCUT2D eigenvalue weighted by atomic mass is 32.2. The molecule has 0 saturated carbocycles. The number of nitrogens with two attached hydrogens (primary N) is 1. The predicted octanol–water partition coefficient (Wildman–Crippen LogP) is -2.55. The molecular formula is C27H35N9O9S2. The SMILES string of the molecule is CCCC(ON=C(C(=O)NC1C(=O)N2C(C(=O)[O-])=C(C[n+]3ccnc(N(CCCO)CCCO)c3)CS[C@@H]12)c1nsc(N)n1)C(=O)O. The van der Waals surface area contributed by atoms with E-state index in [4.69, 9.17) is 10.6 Å². The van der Waals surface area contributed by atoms with Crippen LogP contribution in [-0.4, -0.2) is 114 Å². The highest BCUT2D eigenvalue weighted by molar-refractivity contribution is 8.00. The molecule has 2 amide bonds. The Hall–Kier alpha value is -4.40. The Balaban J connectivity index is 1.52. The fourth-order valence-corrected chi connectivity index (χ4v) is 6.65. The number of carboxylic acid groups (broad SMARTS) is 2. The van der Waals surface area contributed by atoms with Gasteiger partial charge in [0.25, 0.3) is 11.8 Å². The number of amides is 2. The third-order valence-corrected chi connectivity index (χ3v) is 8.99. The molecule has 4 rings (SSSR count). The summed E-state index contributed by atoms with van der Waals surface area (Å²) in [5.41, 5.74) is 5.25. The lowest BCUT2D eigenvalue weighted by Gasteiger charge is -2.50. The van der Waals surface area contributed by atoms with Gasteiger partial charge in [0.2, 0.25) is 23.8 Å². The number of rotatable bonds is 18. The number of thioether (sulfide) groups is 1. The Bertz CT molecular complexity index is 1530. The first kappa shape index (κ1) is 35.5. The molecule has 47 heavy (non-hydrogen) atoms. The van der Waals surface area contributed by atoms with Gasteiger partial charge in [0.05, 0.1) is 17.9 Å². The zero-order valence-electron chi connectivity index (χ0n) is 25.4. The van der Waals surface area contributed by atoms with Crippen LogP contribution >= 0.6 is 23.3 Å². The molecule has 0 bridgehead atoms. The number of nitrogens with zero attached hydrogens (tertiary/aromatic N) is 7. The number of carbonyl (C=O) groups excluding carboxylic acids is 3. The molecule has 3 atom stereocenters. The summed E-state index contributed by atoms with van der Waals surface area (Å²) in [6, 6.07) is -1.15. The molecule has 0 radical (unpaired) electrons. The molecule has 2 aliphatic heterocycles. The molecule has 1 saturated heterocycles. The van der Waals surface area contributed by atoms with Gasteiger partial charge in [-0.15, -0.1) is 11.8 Å². The predicted molar refractivity (Wildman–Crippen MR) is 165 cm³/mol. The van der Waals surface area contributed by atoms with Gasteiger partial charge in [-0.05, 0) is 19.3 Å². The first-order chi connectivity index (χ1) is 22.6. The van der Waals surface area contributed by atoms with Gasteiger partial charge >= 0.3 is 5.97 Å². The molecule has 0 aliphatic carbocycles. The zero-order chi connectivity index (χ0) is 34.1. The number of β-lactam (4-membered cyclic amide) rings is 1. The van der Waals surface area contributed by atoms with Gasteiger partial charge in [0, 0.05) is 49.2 Å². The first-order valence-corrected chi connectivity index (χ1v) is 16.5. The van der Waals surface area contributed by atoms with E-state index in [1.807, 2.05) is 4.90 Å². The Morgan fingerprint density at radius 1 is 1.30 bits per heavy atom. The summed E-state index contributed by atoms with van der Waals surface area (Å²) in [6.07, 6.45) is 5.12. The van der Waals surface area contributed by atoms with E-state index >= 15 is 0 Å². The van der Waals surface area contributed by atoms with Crippen molar-refractivity contribution in [2.24, 2.45) is 5.16 Å². The Labute approximate surface area is 277 Å². The summed E-state index contributed by atoms with van der Waals surface area (Å²) in [7, 11) is 0. The number of hydrogen-bond donors (Lipinski definition) is 5. The second kappa shape index (κ2) is 16.4.